The van der Waals surface area contributed by atoms with Gasteiger partial charge in [-0.25, -0.2) is 0 Å². The molecule has 1 fully saturated rings. The Balaban J connectivity index is 1.85. The van der Waals surface area contributed by atoms with Crippen LogP contribution in [-0.4, -0.2) is 47.8 Å². The molecule has 158 valence electrons. The van der Waals surface area contributed by atoms with Gasteiger partial charge < -0.3 is 19.8 Å². The van der Waals surface area contributed by atoms with Crippen LogP contribution in [0.4, 0.5) is 0 Å². The van der Waals surface area contributed by atoms with Gasteiger partial charge in [0.15, 0.2) is 10.9 Å². The molecule has 1 aromatic heterocycles. The van der Waals surface area contributed by atoms with Crippen LogP contribution >= 0.6 is 12.2 Å². The molecule has 1 amide bonds. The van der Waals surface area contributed by atoms with Crippen molar-refractivity contribution >= 4 is 34.9 Å². The third-order valence-corrected chi connectivity index (χ3v) is 5.70. The van der Waals surface area contributed by atoms with Crippen molar-refractivity contribution in [1.29, 1.82) is 0 Å². The Morgan fingerprint density at radius 2 is 1.97 bits per heavy atom. The zero-order valence-corrected chi connectivity index (χ0v) is 18.1. The number of hydrogen-bond donors (Lipinski definition) is 2. The average molecular weight is 421 g/mol. The SMILES string of the molecule is COC(=O)C1CCN(C(=O)c2oc3c(c2C)/C(=N\NC(N)=S)CC(C)(C)C3)CC1. The van der Waals surface area contributed by atoms with Gasteiger partial charge in [0.25, 0.3) is 5.91 Å². The summed E-state index contributed by atoms with van der Waals surface area (Å²) in [5.74, 6) is 0.581. The second-order valence-electron chi connectivity index (χ2n) is 8.50. The molecule has 1 aliphatic carbocycles. The van der Waals surface area contributed by atoms with Gasteiger partial charge in [0.05, 0.1) is 18.7 Å². The quantitative estimate of drug-likeness (QED) is 0.438. The van der Waals surface area contributed by atoms with E-state index in [9.17, 15) is 9.59 Å². The smallest absolute Gasteiger partial charge is 0.308 e. The Kier molecular flexibility index (Phi) is 5.97. The van der Waals surface area contributed by atoms with Crippen LogP contribution in [0, 0.1) is 18.3 Å². The number of nitrogens with one attached hydrogen (secondary N) is 1. The minimum Gasteiger partial charge on any atom is -0.469 e. The highest BCUT2D eigenvalue weighted by molar-refractivity contribution is 7.80. The summed E-state index contributed by atoms with van der Waals surface area (Å²) in [5, 5.41) is 4.46. The van der Waals surface area contributed by atoms with E-state index in [1.54, 1.807) is 4.90 Å². The zero-order chi connectivity index (χ0) is 21.3. The summed E-state index contributed by atoms with van der Waals surface area (Å²) in [5.41, 5.74) is 10.5. The molecule has 0 radical (unpaired) electrons. The molecule has 1 aromatic rings. The maximum atomic E-state index is 13.1. The first-order chi connectivity index (χ1) is 13.6. The molecule has 2 heterocycles. The maximum absolute atomic E-state index is 13.1. The number of esters is 1. The van der Waals surface area contributed by atoms with Gasteiger partial charge in [-0.2, -0.15) is 5.10 Å². The van der Waals surface area contributed by atoms with Crippen LogP contribution in [0.15, 0.2) is 9.52 Å². The predicted molar refractivity (Wildman–Crippen MR) is 113 cm³/mol. The van der Waals surface area contributed by atoms with Crippen molar-refractivity contribution in [1.82, 2.24) is 10.3 Å². The van der Waals surface area contributed by atoms with Crippen molar-refractivity contribution in [2.45, 2.75) is 46.5 Å². The van der Waals surface area contributed by atoms with E-state index >= 15 is 0 Å². The number of likely N-dealkylation sites (tertiary alicyclic amines) is 1. The van der Waals surface area contributed by atoms with Crippen LogP contribution in [-0.2, 0) is 16.0 Å². The number of rotatable bonds is 3. The Bertz CT molecular complexity index is 866. The number of nitrogens with two attached hydrogens (primary N) is 1. The third-order valence-electron chi connectivity index (χ3n) is 5.61. The van der Waals surface area contributed by atoms with Crippen LogP contribution in [0.2, 0.25) is 0 Å². The van der Waals surface area contributed by atoms with Gasteiger partial charge in [-0.3, -0.25) is 15.0 Å². The Hall–Kier alpha value is -2.42. The van der Waals surface area contributed by atoms with Crippen molar-refractivity contribution in [2.24, 2.45) is 22.2 Å². The number of carbonyl (C=O) groups is 2. The van der Waals surface area contributed by atoms with Crippen LogP contribution in [0.3, 0.4) is 0 Å². The molecule has 0 bridgehead atoms. The summed E-state index contributed by atoms with van der Waals surface area (Å²) in [6.45, 7) is 7.13. The summed E-state index contributed by atoms with van der Waals surface area (Å²) in [4.78, 5) is 26.6. The number of fused-ring (bicyclic) bond motifs is 1. The lowest BCUT2D eigenvalue weighted by Crippen LogP contribution is -2.40. The van der Waals surface area contributed by atoms with Crippen molar-refractivity contribution in [3.05, 3.63) is 22.6 Å². The number of amides is 1. The average Bonchev–Trinajstić information content (AvgIpc) is 3.00. The normalized spacial score (nSPS) is 20.3. The number of thiocarbonyl (C=S) groups is 1. The molecule has 1 aliphatic heterocycles. The van der Waals surface area contributed by atoms with E-state index in [2.05, 4.69) is 24.4 Å². The fourth-order valence-electron chi connectivity index (χ4n) is 4.16. The van der Waals surface area contributed by atoms with Crippen molar-refractivity contribution in [3.63, 3.8) is 0 Å². The van der Waals surface area contributed by atoms with Gasteiger partial charge in [-0.05, 0) is 43.8 Å². The van der Waals surface area contributed by atoms with Gasteiger partial charge in [0.2, 0.25) is 0 Å². The number of hydrazone groups is 1. The summed E-state index contributed by atoms with van der Waals surface area (Å²) < 4.78 is 10.9. The van der Waals surface area contributed by atoms with Crippen LogP contribution < -0.4 is 11.2 Å². The number of ether oxygens (including phenoxy) is 1. The second-order valence-corrected chi connectivity index (χ2v) is 8.94. The Morgan fingerprint density at radius 1 is 1.31 bits per heavy atom. The number of methoxy groups -OCH3 is 1. The maximum Gasteiger partial charge on any atom is 0.308 e. The molecular formula is C20H28N4O4S. The molecule has 0 aromatic carbocycles. The lowest BCUT2D eigenvalue weighted by molar-refractivity contribution is -0.146. The molecule has 8 nitrogen and oxygen atoms in total. The Labute approximate surface area is 175 Å². The molecule has 0 spiro atoms. The van der Waals surface area contributed by atoms with Crippen molar-refractivity contribution in [3.8, 4) is 0 Å². The number of hydrogen-bond acceptors (Lipinski definition) is 6. The van der Waals surface area contributed by atoms with Crippen LogP contribution in [0.25, 0.3) is 0 Å². The van der Waals surface area contributed by atoms with Gasteiger partial charge in [-0.1, -0.05) is 13.8 Å². The minimum absolute atomic E-state index is 0.0623. The number of carbonyl (C=O) groups excluding carboxylic acids is 2. The monoisotopic (exact) mass is 420 g/mol. The fraction of sp³-hybridized carbons (Fsp3) is 0.600. The number of piperidine rings is 1. The predicted octanol–water partition coefficient (Wildman–Crippen LogP) is 2.12. The van der Waals surface area contributed by atoms with E-state index in [1.807, 2.05) is 6.92 Å². The van der Waals surface area contributed by atoms with Gasteiger partial charge in [-0.15, -0.1) is 0 Å². The standard InChI is InChI=1S/C20H28N4O4S/c1-11-15-13(22-23-19(21)29)9-20(2,3)10-14(15)28-16(11)17(25)24-7-5-12(6-8-24)18(26)27-4/h12H,5-10H2,1-4H3,(H3,21,23,29)/b22-13-. The van der Waals surface area contributed by atoms with Crippen LogP contribution in [0.1, 0.15) is 60.6 Å². The zero-order valence-electron chi connectivity index (χ0n) is 17.3. The molecular weight excluding hydrogens is 392 g/mol. The largest absolute Gasteiger partial charge is 0.469 e. The highest BCUT2D eigenvalue weighted by atomic mass is 32.1. The highest BCUT2D eigenvalue weighted by Crippen LogP contribution is 2.39. The van der Waals surface area contributed by atoms with Gasteiger partial charge in [0, 0.05) is 30.6 Å². The molecule has 0 atom stereocenters. The molecule has 0 unspecified atom stereocenters. The van der Waals surface area contributed by atoms with Crippen LogP contribution in [0.5, 0.6) is 0 Å². The first-order valence-corrected chi connectivity index (χ1v) is 10.2. The molecule has 0 saturated carbocycles. The fourth-order valence-corrected chi connectivity index (χ4v) is 4.21. The number of nitrogens with zero attached hydrogens (tertiary/aromatic N) is 2. The van der Waals surface area contributed by atoms with E-state index in [0.29, 0.717) is 44.5 Å². The molecule has 3 rings (SSSR count). The molecule has 29 heavy (non-hydrogen) atoms. The van der Waals surface area contributed by atoms with E-state index in [0.717, 1.165) is 22.6 Å². The first-order valence-electron chi connectivity index (χ1n) is 9.74. The third kappa shape index (κ3) is 4.44. The van der Waals surface area contributed by atoms with E-state index in [1.165, 1.54) is 7.11 Å². The number of furan rings is 1. The lowest BCUT2D eigenvalue weighted by atomic mass is 9.75. The second kappa shape index (κ2) is 8.14. The first kappa shape index (κ1) is 21.3. The van der Waals surface area contributed by atoms with Gasteiger partial charge >= 0.3 is 5.97 Å². The molecule has 2 aliphatic rings. The molecule has 1 saturated heterocycles. The Morgan fingerprint density at radius 3 is 2.55 bits per heavy atom. The summed E-state index contributed by atoms with van der Waals surface area (Å²) in [6.07, 6.45) is 2.62. The van der Waals surface area contributed by atoms with E-state index in [4.69, 9.17) is 27.1 Å². The molecule has 3 N–H and O–H groups in total. The summed E-state index contributed by atoms with van der Waals surface area (Å²) in [6, 6.07) is 0. The van der Waals surface area contributed by atoms with Crippen molar-refractivity contribution < 1.29 is 18.7 Å². The van der Waals surface area contributed by atoms with E-state index in [-0.39, 0.29) is 28.3 Å². The summed E-state index contributed by atoms with van der Waals surface area (Å²) >= 11 is 4.86. The highest BCUT2D eigenvalue weighted by Gasteiger charge is 2.37. The van der Waals surface area contributed by atoms with Gasteiger partial charge in [0.1, 0.15) is 5.76 Å². The lowest BCUT2D eigenvalue weighted by Gasteiger charge is -2.30. The topological polar surface area (TPSA) is 110 Å². The van der Waals surface area contributed by atoms with E-state index < -0.39 is 0 Å². The molecule has 9 heteroatoms. The summed E-state index contributed by atoms with van der Waals surface area (Å²) in [7, 11) is 1.39. The van der Waals surface area contributed by atoms with Crippen molar-refractivity contribution in [2.75, 3.05) is 20.2 Å². The minimum atomic E-state index is -0.213.